The fraction of sp³-hybridized carbons (Fsp3) is 0.722. The van der Waals surface area contributed by atoms with E-state index in [0.29, 0.717) is 11.5 Å². The molecule has 1 amide bonds. The Hall–Kier alpha value is -1.47. The zero-order valence-electron chi connectivity index (χ0n) is 15.9. The van der Waals surface area contributed by atoms with Gasteiger partial charge in [0.25, 0.3) is 5.91 Å². The lowest BCUT2D eigenvalue weighted by Gasteiger charge is -2.33. The molecule has 25 heavy (non-hydrogen) atoms. The molecule has 0 aromatic carbocycles. The predicted octanol–water partition coefficient (Wildman–Crippen LogP) is 2.73. The van der Waals surface area contributed by atoms with Gasteiger partial charge in [0.05, 0.1) is 22.5 Å². The summed E-state index contributed by atoms with van der Waals surface area (Å²) >= 11 is 0. The van der Waals surface area contributed by atoms with Crippen molar-refractivity contribution in [3.63, 3.8) is 0 Å². The molecule has 2 saturated heterocycles. The molecule has 7 heteroatoms. The highest BCUT2D eigenvalue weighted by Gasteiger charge is 2.51. The average molecular weight is 345 g/mol. The standard InChI is InChI=1S/C18H28BN3O3/c1-13-15(10-20-12-21-13)16(23)22-8-6-7-14(11-22)9-19-24-17(2,3)18(4,5)25-19/h10,12,14H,6-9,11H2,1-5H3. The number of hydrogen-bond donors (Lipinski definition) is 0. The summed E-state index contributed by atoms with van der Waals surface area (Å²) < 4.78 is 12.2. The van der Waals surface area contributed by atoms with Gasteiger partial charge in [-0.1, -0.05) is 0 Å². The number of aromatic nitrogens is 2. The number of nitrogens with zero attached hydrogens (tertiary/aromatic N) is 3. The Labute approximate surface area is 150 Å². The molecular formula is C18H28BN3O3. The van der Waals surface area contributed by atoms with Crippen molar-refractivity contribution in [2.24, 2.45) is 5.92 Å². The predicted molar refractivity (Wildman–Crippen MR) is 96.3 cm³/mol. The van der Waals surface area contributed by atoms with Gasteiger partial charge >= 0.3 is 7.12 Å². The van der Waals surface area contributed by atoms with E-state index < -0.39 is 0 Å². The fourth-order valence-corrected chi connectivity index (χ4v) is 3.55. The first kappa shape index (κ1) is 18.3. The Morgan fingerprint density at radius 3 is 2.64 bits per heavy atom. The maximum Gasteiger partial charge on any atom is 0.458 e. The highest BCUT2D eigenvalue weighted by molar-refractivity contribution is 6.45. The largest absolute Gasteiger partial charge is 0.458 e. The first-order chi connectivity index (χ1) is 11.7. The van der Waals surface area contributed by atoms with Crippen LogP contribution in [-0.2, 0) is 9.31 Å². The van der Waals surface area contributed by atoms with E-state index in [1.165, 1.54) is 6.33 Å². The van der Waals surface area contributed by atoms with E-state index >= 15 is 0 Å². The Bertz CT molecular complexity index is 634. The van der Waals surface area contributed by atoms with E-state index in [9.17, 15) is 4.79 Å². The van der Waals surface area contributed by atoms with Gasteiger partial charge in [-0.3, -0.25) is 4.79 Å². The topological polar surface area (TPSA) is 64.6 Å². The van der Waals surface area contributed by atoms with Gasteiger partial charge in [-0.25, -0.2) is 9.97 Å². The minimum Gasteiger partial charge on any atom is -0.403 e. The maximum atomic E-state index is 12.8. The molecule has 2 aliphatic heterocycles. The molecule has 0 aliphatic carbocycles. The molecule has 6 nitrogen and oxygen atoms in total. The van der Waals surface area contributed by atoms with Gasteiger partial charge in [-0.15, -0.1) is 0 Å². The summed E-state index contributed by atoms with van der Waals surface area (Å²) in [4.78, 5) is 22.8. The van der Waals surface area contributed by atoms with Crippen LogP contribution in [0.4, 0.5) is 0 Å². The summed E-state index contributed by atoms with van der Waals surface area (Å²) in [6.45, 7) is 11.7. The summed E-state index contributed by atoms with van der Waals surface area (Å²) in [6.07, 6.45) is 6.01. The normalized spacial score (nSPS) is 25.2. The zero-order chi connectivity index (χ0) is 18.2. The molecular weight excluding hydrogens is 317 g/mol. The molecule has 0 radical (unpaired) electrons. The second-order valence-corrected chi connectivity index (χ2v) is 8.20. The van der Waals surface area contributed by atoms with Gasteiger partial charge in [-0.2, -0.15) is 0 Å². The van der Waals surface area contributed by atoms with Crippen LogP contribution in [0.25, 0.3) is 0 Å². The summed E-state index contributed by atoms with van der Waals surface area (Å²) in [5.41, 5.74) is 0.715. The number of aryl methyl sites for hydroxylation is 1. The Kier molecular flexibility index (Phi) is 4.90. The molecule has 0 saturated carbocycles. The fourth-order valence-electron chi connectivity index (χ4n) is 3.55. The van der Waals surface area contributed by atoms with E-state index in [0.717, 1.165) is 37.9 Å². The first-order valence-electron chi connectivity index (χ1n) is 9.11. The molecule has 1 atom stereocenters. The molecule has 0 bridgehead atoms. The van der Waals surface area contributed by atoms with Gasteiger partial charge in [-0.05, 0) is 59.7 Å². The van der Waals surface area contributed by atoms with Crippen LogP contribution in [0.3, 0.4) is 0 Å². The average Bonchev–Trinajstić information content (AvgIpc) is 2.74. The van der Waals surface area contributed by atoms with Gasteiger partial charge in [0.2, 0.25) is 0 Å². The lowest BCUT2D eigenvalue weighted by molar-refractivity contribution is 0.00578. The smallest absolute Gasteiger partial charge is 0.403 e. The van der Waals surface area contributed by atoms with Crippen LogP contribution in [0.1, 0.15) is 56.6 Å². The van der Waals surface area contributed by atoms with Gasteiger partial charge in [0, 0.05) is 19.3 Å². The molecule has 1 unspecified atom stereocenters. The number of carbonyl (C=O) groups excluding carboxylic acids is 1. The van der Waals surface area contributed by atoms with E-state index in [-0.39, 0.29) is 24.2 Å². The minimum absolute atomic E-state index is 0.0247. The summed E-state index contributed by atoms with van der Waals surface area (Å²) in [7, 11) is -0.202. The van der Waals surface area contributed by atoms with Crippen LogP contribution in [0.15, 0.2) is 12.5 Å². The monoisotopic (exact) mass is 345 g/mol. The van der Waals surface area contributed by atoms with Crippen LogP contribution in [-0.4, -0.2) is 52.2 Å². The molecule has 1 aromatic rings. The van der Waals surface area contributed by atoms with E-state index in [2.05, 4.69) is 37.7 Å². The molecule has 2 fully saturated rings. The number of carbonyl (C=O) groups is 1. The Morgan fingerprint density at radius 1 is 1.32 bits per heavy atom. The van der Waals surface area contributed by atoms with Crippen molar-refractivity contribution in [3.05, 3.63) is 23.8 Å². The number of piperidine rings is 1. The van der Waals surface area contributed by atoms with Gasteiger partial charge < -0.3 is 14.2 Å². The van der Waals surface area contributed by atoms with Crippen molar-refractivity contribution in [1.29, 1.82) is 0 Å². The quantitative estimate of drug-likeness (QED) is 0.788. The van der Waals surface area contributed by atoms with Crippen molar-refractivity contribution < 1.29 is 14.1 Å². The van der Waals surface area contributed by atoms with Crippen molar-refractivity contribution in [2.75, 3.05) is 13.1 Å². The second-order valence-electron chi connectivity index (χ2n) is 8.20. The summed E-state index contributed by atoms with van der Waals surface area (Å²) in [5, 5.41) is 0. The van der Waals surface area contributed by atoms with E-state index in [4.69, 9.17) is 9.31 Å². The van der Waals surface area contributed by atoms with Crippen LogP contribution >= 0.6 is 0 Å². The first-order valence-corrected chi connectivity index (χ1v) is 9.11. The van der Waals surface area contributed by atoms with Crippen LogP contribution < -0.4 is 0 Å². The van der Waals surface area contributed by atoms with Crippen LogP contribution in [0, 0.1) is 12.8 Å². The van der Waals surface area contributed by atoms with Crippen molar-refractivity contribution >= 4 is 13.0 Å². The Morgan fingerprint density at radius 2 is 2.00 bits per heavy atom. The zero-order valence-corrected chi connectivity index (χ0v) is 15.9. The minimum atomic E-state index is -0.305. The van der Waals surface area contributed by atoms with Gasteiger partial charge in [0.1, 0.15) is 6.33 Å². The SMILES string of the molecule is Cc1ncncc1C(=O)N1CCCC(CB2OC(C)(C)C(C)(C)O2)C1. The second kappa shape index (κ2) is 6.69. The lowest BCUT2D eigenvalue weighted by Crippen LogP contribution is -2.41. The molecule has 136 valence electrons. The van der Waals surface area contributed by atoms with Crippen molar-refractivity contribution in [3.8, 4) is 0 Å². The number of rotatable bonds is 3. The Balaban J connectivity index is 1.63. The molecule has 3 heterocycles. The van der Waals surface area contributed by atoms with Crippen LogP contribution in [0.2, 0.25) is 6.32 Å². The van der Waals surface area contributed by atoms with E-state index in [1.54, 1.807) is 6.20 Å². The molecule has 1 aromatic heterocycles. The van der Waals surface area contributed by atoms with Crippen molar-refractivity contribution in [1.82, 2.24) is 14.9 Å². The third-order valence-electron chi connectivity index (χ3n) is 5.78. The molecule has 2 aliphatic rings. The number of amides is 1. The van der Waals surface area contributed by atoms with Crippen LogP contribution in [0.5, 0.6) is 0 Å². The van der Waals surface area contributed by atoms with Gasteiger partial charge in [0.15, 0.2) is 0 Å². The summed E-state index contributed by atoms with van der Waals surface area (Å²) in [6, 6.07) is 0. The number of hydrogen-bond acceptors (Lipinski definition) is 5. The molecule has 0 spiro atoms. The molecule has 0 N–H and O–H groups in total. The van der Waals surface area contributed by atoms with E-state index in [1.807, 2.05) is 11.8 Å². The molecule has 3 rings (SSSR count). The number of likely N-dealkylation sites (tertiary alicyclic amines) is 1. The maximum absolute atomic E-state index is 12.8. The lowest BCUT2D eigenvalue weighted by atomic mass is 9.74. The summed E-state index contributed by atoms with van der Waals surface area (Å²) in [5.74, 6) is 0.411. The third-order valence-corrected chi connectivity index (χ3v) is 5.78. The highest BCUT2D eigenvalue weighted by atomic mass is 16.7. The highest BCUT2D eigenvalue weighted by Crippen LogP contribution is 2.39. The third kappa shape index (κ3) is 3.72. The van der Waals surface area contributed by atoms with Crippen molar-refractivity contribution in [2.45, 2.75) is 65.0 Å².